The van der Waals surface area contributed by atoms with Gasteiger partial charge < -0.3 is 4.74 Å². The summed E-state index contributed by atoms with van der Waals surface area (Å²) in [5.41, 5.74) is 1.94. The van der Waals surface area contributed by atoms with Crippen LogP contribution in [-0.4, -0.2) is 28.0 Å². The molecule has 96 valence electrons. The average molecular weight is 273 g/mol. The van der Waals surface area contributed by atoms with Crippen molar-refractivity contribution >= 4 is 22.6 Å². The van der Waals surface area contributed by atoms with E-state index >= 15 is 0 Å². The Morgan fingerprint density at radius 1 is 1.42 bits per heavy atom. The fourth-order valence-electron chi connectivity index (χ4n) is 1.95. The van der Waals surface area contributed by atoms with E-state index in [1.807, 2.05) is 31.2 Å². The predicted molar refractivity (Wildman–Crippen MR) is 73.0 cm³/mol. The summed E-state index contributed by atoms with van der Waals surface area (Å²) in [7, 11) is 1.61. The number of fused-ring (bicyclic) bond motifs is 1. The summed E-state index contributed by atoms with van der Waals surface area (Å²) in [5.74, 6) is 0.731. The number of carbonyl (C=O) groups excluding carboxylic acids is 1. The Kier molecular flexibility index (Phi) is 2.79. The molecule has 0 aliphatic carbocycles. The number of ether oxygens (including phenoxy) is 1. The first-order valence-electron chi connectivity index (χ1n) is 5.68. The number of imidazole rings is 1. The van der Waals surface area contributed by atoms with E-state index < -0.39 is 0 Å². The topological polar surface area (TPSA) is 56.5 Å². The molecule has 0 saturated heterocycles. The van der Waals surface area contributed by atoms with Crippen LogP contribution in [0.5, 0.6) is 5.75 Å². The predicted octanol–water partition coefficient (Wildman–Crippen LogP) is 2.59. The first-order chi connectivity index (χ1) is 9.22. The van der Waals surface area contributed by atoms with Crippen LogP contribution in [0, 0.1) is 6.92 Å². The number of benzene rings is 1. The molecule has 0 unspecified atom stereocenters. The van der Waals surface area contributed by atoms with Gasteiger partial charge in [0, 0.05) is 5.56 Å². The van der Waals surface area contributed by atoms with E-state index in [1.54, 1.807) is 11.6 Å². The van der Waals surface area contributed by atoms with Crippen LogP contribution in [0.3, 0.4) is 0 Å². The van der Waals surface area contributed by atoms with Crippen LogP contribution in [-0.2, 0) is 0 Å². The highest BCUT2D eigenvalue weighted by Crippen LogP contribution is 2.28. The minimum Gasteiger partial charge on any atom is -0.497 e. The Morgan fingerprint density at radius 2 is 2.26 bits per heavy atom. The number of methoxy groups -OCH3 is 1. The fourth-order valence-corrected chi connectivity index (χ4v) is 2.70. The summed E-state index contributed by atoms with van der Waals surface area (Å²) in [4.78, 5) is 16.5. The molecule has 0 aliphatic rings. The third-order valence-electron chi connectivity index (χ3n) is 2.79. The molecule has 0 bridgehead atoms. The van der Waals surface area contributed by atoms with Crippen molar-refractivity contribution in [3.8, 4) is 17.0 Å². The number of aldehydes is 1. The fraction of sp³-hybridized carbons (Fsp3) is 0.154. The summed E-state index contributed by atoms with van der Waals surface area (Å²) in [6.45, 7) is 1.89. The molecule has 3 aromatic rings. The quantitative estimate of drug-likeness (QED) is 0.688. The molecule has 6 heteroatoms. The van der Waals surface area contributed by atoms with E-state index in [4.69, 9.17) is 4.74 Å². The summed E-state index contributed by atoms with van der Waals surface area (Å²) >= 11 is 1.46. The zero-order valence-corrected chi connectivity index (χ0v) is 11.3. The van der Waals surface area contributed by atoms with Crippen molar-refractivity contribution in [1.82, 2.24) is 14.6 Å². The van der Waals surface area contributed by atoms with Gasteiger partial charge in [0.05, 0.1) is 7.11 Å². The Labute approximate surface area is 113 Å². The standard InChI is InChI=1S/C13H11N3O2S/c1-8-15-16-11(7-17)12(14-13(16)19-8)9-4-3-5-10(6-9)18-2/h3-7H,1-2H3. The molecule has 2 aromatic heterocycles. The summed E-state index contributed by atoms with van der Waals surface area (Å²) in [5, 5.41) is 5.16. The highest BCUT2D eigenvalue weighted by Gasteiger charge is 2.16. The summed E-state index contributed by atoms with van der Waals surface area (Å²) in [6, 6.07) is 7.47. The van der Waals surface area contributed by atoms with Gasteiger partial charge >= 0.3 is 0 Å². The molecule has 19 heavy (non-hydrogen) atoms. The van der Waals surface area contributed by atoms with Crippen LogP contribution < -0.4 is 4.74 Å². The van der Waals surface area contributed by atoms with Gasteiger partial charge in [-0.1, -0.05) is 23.5 Å². The molecule has 0 spiro atoms. The lowest BCUT2D eigenvalue weighted by Crippen LogP contribution is -1.94. The van der Waals surface area contributed by atoms with Gasteiger partial charge in [-0.05, 0) is 19.1 Å². The SMILES string of the molecule is COc1cccc(-c2nc3sc(C)nn3c2C=O)c1. The molecular formula is C13H11N3O2S. The number of carbonyl (C=O) groups is 1. The highest BCUT2D eigenvalue weighted by atomic mass is 32.1. The Hall–Kier alpha value is -2.21. The number of hydrogen-bond donors (Lipinski definition) is 0. The number of aryl methyl sites for hydroxylation is 1. The monoisotopic (exact) mass is 273 g/mol. The van der Waals surface area contributed by atoms with E-state index in [0.29, 0.717) is 11.4 Å². The van der Waals surface area contributed by atoms with Gasteiger partial charge in [0.1, 0.15) is 22.1 Å². The second-order valence-electron chi connectivity index (χ2n) is 4.01. The van der Waals surface area contributed by atoms with E-state index in [-0.39, 0.29) is 0 Å². The molecule has 0 aliphatic heterocycles. The summed E-state index contributed by atoms with van der Waals surface area (Å²) < 4.78 is 6.77. The number of hydrogen-bond acceptors (Lipinski definition) is 5. The van der Waals surface area contributed by atoms with Gasteiger partial charge in [-0.25, -0.2) is 4.98 Å². The number of rotatable bonds is 3. The first kappa shape index (κ1) is 11.9. The second kappa shape index (κ2) is 4.47. The molecule has 0 amide bonds. The normalized spacial score (nSPS) is 10.8. The van der Waals surface area contributed by atoms with E-state index in [0.717, 1.165) is 27.6 Å². The Morgan fingerprint density at radius 3 is 3.00 bits per heavy atom. The van der Waals surface area contributed by atoms with Crippen molar-refractivity contribution in [2.75, 3.05) is 7.11 Å². The zero-order chi connectivity index (χ0) is 13.4. The molecule has 0 N–H and O–H groups in total. The average Bonchev–Trinajstić information content (AvgIpc) is 2.94. The molecule has 0 radical (unpaired) electrons. The molecule has 5 nitrogen and oxygen atoms in total. The second-order valence-corrected chi connectivity index (χ2v) is 5.17. The maximum atomic E-state index is 11.3. The lowest BCUT2D eigenvalue weighted by atomic mass is 10.1. The lowest BCUT2D eigenvalue weighted by Gasteiger charge is -2.02. The Bertz CT molecular complexity index is 760. The maximum absolute atomic E-state index is 11.3. The van der Waals surface area contributed by atoms with Crippen molar-refractivity contribution in [3.05, 3.63) is 35.0 Å². The third kappa shape index (κ3) is 1.90. The van der Waals surface area contributed by atoms with Crippen molar-refractivity contribution < 1.29 is 9.53 Å². The third-order valence-corrected chi connectivity index (χ3v) is 3.62. The van der Waals surface area contributed by atoms with Gasteiger partial charge in [0.15, 0.2) is 6.29 Å². The van der Waals surface area contributed by atoms with Crippen molar-refractivity contribution in [2.24, 2.45) is 0 Å². The lowest BCUT2D eigenvalue weighted by molar-refractivity contribution is 0.111. The van der Waals surface area contributed by atoms with Gasteiger partial charge in [0.25, 0.3) is 0 Å². The molecule has 1 aromatic carbocycles. The first-order valence-corrected chi connectivity index (χ1v) is 6.50. The van der Waals surface area contributed by atoms with Crippen LogP contribution in [0.25, 0.3) is 16.2 Å². The van der Waals surface area contributed by atoms with Crippen LogP contribution in [0.15, 0.2) is 24.3 Å². The largest absolute Gasteiger partial charge is 0.497 e. The van der Waals surface area contributed by atoms with Gasteiger partial charge in [-0.2, -0.15) is 9.61 Å². The minimum atomic E-state index is 0.465. The van der Waals surface area contributed by atoms with E-state index in [2.05, 4.69) is 10.1 Å². The maximum Gasteiger partial charge on any atom is 0.213 e. The number of aromatic nitrogens is 3. The van der Waals surface area contributed by atoms with Gasteiger partial charge in [0.2, 0.25) is 4.96 Å². The molecule has 3 rings (SSSR count). The highest BCUT2D eigenvalue weighted by molar-refractivity contribution is 7.16. The van der Waals surface area contributed by atoms with Crippen LogP contribution in [0.4, 0.5) is 0 Å². The van der Waals surface area contributed by atoms with Crippen LogP contribution in [0.1, 0.15) is 15.5 Å². The van der Waals surface area contributed by atoms with Crippen LogP contribution in [0.2, 0.25) is 0 Å². The van der Waals surface area contributed by atoms with Crippen molar-refractivity contribution in [1.29, 1.82) is 0 Å². The molecule has 0 saturated carbocycles. The smallest absolute Gasteiger partial charge is 0.213 e. The van der Waals surface area contributed by atoms with Crippen LogP contribution >= 0.6 is 11.3 Å². The van der Waals surface area contributed by atoms with Crippen molar-refractivity contribution in [2.45, 2.75) is 6.92 Å². The summed E-state index contributed by atoms with van der Waals surface area (Å²) in [6.07, 6.45) is 0.786. The van der Waals surface area contributed by atoms with Gasteiger partial charge in [-0.3, -0.25) is 4.79 Å². The molecule has 2 heterocycles. The molecule has 0 fully saturated rings. The van der Waals surface area contributed by atoms with E-state index in [9.17, 15) is 4.79 Å². The zero-order valence-electron chi connectivity index (χ0n) is 10.5. The van der Waals surface area contributed by atoms with Gasteiger partial charge in [-0.15, -0.1) is 0 Å². The number of nitrogens with zero attached hydrogens (tertiary/aromatic N) is 3. The molecular weight excluding hydrogens is 262 g/mol. The van der Waals surface area contributed by atoms with Crippen molar-refractivity contribution in [3.63, 3.8) is 0 Å². The minimum absolute atomic E-state index is 0.465. The molecule has 0 atom stereocenters. The van der Waals surface area contributed by atoms with E-state index in [1.165, 1.54) is 11.3 Å². The Balaban J connectivity index is 2.23.